The SMILES string of the molecule is CCNC(=NCCc1cccc(OC)c1O)NC1CCCC(C)C1. The summed E-state index contributed by atoms with van der Waals surface area (Å²) in [5, 5.41) is 17.0. The molecule has 1 aliphatic rings. The first-order valence-electron chi connectivity index (χ1n) is 9.03. The van der Waals surface area contributed by atoms with E-state index in [1.54, 1.807) is 13.2 Å². The van der Waals surface area contributed by atoms with Gasteiger partial charge in [-0.1, -0.05) is 31.9 Å². The van der Waals surface area contributed by atoms with E-state index in [2.05, 4.69) is 29.5 Å². The van der Waals surface area contributed by atoms with Gasteiger partial charge in [-0.15, -0.1) is 0 Å². The van der Waals surface area contributed by atoms with E-state index in [0.29, 0.717) is 24.8 Å². The summed E-state index contributed by atoms with van der Waals surface area (Å²) in [4.78, 5) is 4.67. The lowest BCUT2D eigenvalue weighted by Gasteiger charge is -2.28. The number of phenols is 1. The Morgan fingerprint density at radius 3 is 2.92 bits per heavy atom. The molecule has 0 aromatic heterocycles. The van der Waals surface area contributed by atoms with Crippen LogP contribution in [0, 0.1) is 5.92 Å². The predicted octanol–water partition coefficient (Wildman–Crippen LogP) is 3.08. The van der Waals surface area contributed by atoms with E-state index in [4.69, 9.17) is 4.74 Å². The van der Waals surface area contributed by atoms with Crippen molar-refractivity contribution in [2.45, 2.75) is 52.0 Å². The van der Waals surface area contributed by atoms with Crippen LogP contribution in [0.1, 0.15) is 45.1 Å². The van der Waals surface area contributed by atoms with Crippen LogP contribution in [-0.4, -0.2) is 37.3 Å². The van der Waals surface area contributed by atoms with E-state index < -0.39 is 0 Å². The number of nitrogens with zero attached hydrogens (tertiary/aromatic N) is 1. The lowest BCUT2D eigenvalue weighted by atomic mass is 9.87. The summed E-state index contributed by atoms with van der Waals surface area (Å²) in [5.41, 5.74) is 0.861. The normalized spacial score (nSPS) is 21.4. The molecule has 134 valence electrons. The highest BCUT2D eigenvalue weighted by molar-refractivity contribution is 5.80. The molecule has 5 heteroatoms. The number of guanidine groups is 1. The molecular weight excluding hydrogens is 302 g/mol. The first kappa shape index (κ1) is 18.4. The molecule has 0 amide bonds. The number of para-hydroxylation sites is 1. The van der Waals surface area contributed by atoms with Crippen molar-refractivity contribution in [2.75, 3.05) is 20.2 Å². The van der Waals surface area contributed by atoms with Gasteiger partial charge in [-0.05, 0) is 43.7 Å². The van der Waals surface area contributed by atoms with Gasteiger partial charge in [0.05, 0.1) is 7.11 Å². The molecule has 1 aromatic carbocycles. The maximum Gasteiger partial charge on any atom is 0.191 e. The van der Waals surface area contributed by atoms with Gasteiger partial charge in [0.1, 0.15) is 0 Å². The average molecular weight is 333 g/mol. The van der Waals surface area contributed by atoms with Crippen LogP contribution < -0.4 is 15.4 Å². The summed E-state index contributed by atoms with van der Waals surface area (Å²) in [5.74, 6) is 2.39. The van der Waals surface area contributed by atoms with Gasteiger partial charge >= 0.3 is 0 Å². The maximum absolute atomic E-state index is 10.1. The molecule has 0 aliphatic heterocycles. The zero-order valence-corrected chi connectivity index (χ0v) is 15.1. The van der Waals surface area contributed by atoms with Crippen LogP contribution >= 0.6 is 0 Å². The number of aliphatic imine (C=N–C) groups is 1. The third-order valence-corrected chi connectivity index (χ3v) is 4.57. The number of aromatic hydroxyl groups is 1. The van der Waals surface area contributed by atoms with Crippen LogP contribution in [0.25, 0.3) is 0 Å². The van der Waals surface area contributed by atoms with Crippen LogP contribution in [0.2, 0.25) is 0 Å². The monoisotopic (exact) mass is 333 g/mol. The number of nitrogens with one attached hydrogen (secondary N) is 2. The first-order valence-corrected chi connectivity index (χ1v) is 9.03. The molecule has 24 heavy (non-hydrogen) atoms. The molecule has 1 fully saturated rings. The van der Waals surface area contributed by atoms with Crippen molar-refractivity contribution < 1.29 is 9.84 Å². The van der Waals surface area contributed by atoms with Crippen LogP contribution in [0.15, 0.2) is 23.2 Å². The lowest BCUT2D eigenvalue weighted by Crippen LogP contribution is -2.45. The van der Waals surface area contributed by atoms with Gasteiger partial charge in [-0.3, -0.25) is 4.99 Å². The smallest absolute Gasteiger partial charge is 0.191 e. The third kappa shape index (κ3) is 5.32. The van der Waals surface area contributed by atoms with Crippen LogP contribution in [-0.2, 0) is 6.42 Å². The van der Waals surface area contributed by atoms with Crippen molar-refractivity contribution in [1.82, 2.24) is 10.6 Å². The van der Waals surface area contributed by atoms with E-state index in [9.17, 15) is 5.11 Å². The summed E-state index contributed by atoms with van der Waals surface area (Å²) in [7, 11) is 1.56. The Bertz CT molecular complexity index is 545. The first-order chi connectivity index (χ1) is 11.6. The fraction of sp³-hybridized carbons (Fsp3) is 0.632. The lowest BCUT2D eigenvalue weighted by molar-refractivity contribution is 0.324. The highest BCUT2D eigenvalue weighted by Gasteiger charge is 2.19. The summed E-state index contributed by atoms with van der Waals surface area (Å²) in [6.45, 7) is 5.87. The van der Waals surface area contributed by atoms with E-state index >= 15 is 0 Å². The van der Waals surface area contributed by atoms with Gasteiger partial charge in [-0.25, -0.2) is 0 Å². The maximum atomic E-state index is 10.1. The molecule has 1 aliphatic carbocycles. The van der Waals surface area contributed by atoms with Crippen molar-refractivity contribution in [2.24, 2.45) is 10.9 Å². The standard InChI is InChI=1S/C19H31N3O2/c1-4-20-19(22-16-9-5-7-14(2)13-16)21-12-11-15-8-6-10-17(24-3)18(15)23/h6,8,10,14,16,23H,4-5,7,9,11-13H2,1-3H3,(H2,20,21,22). The second-order valence-corrected chi connectivity index (χ2v) is 6.59. The number of phenolic OH excluding ortho intramolecular Hbond substituents is 1. The molecular formula is C19H31N3O2. The molecule has 5 nitrogen and oxygen atoms in total. The zero-order chi connectivity index (χ0) is 17.4. The van der Waals surface area contributed by atoms with Crippen molar-refractivity contribution in [3.8, 4) is 11.5 Å². The Morgan fingerprint density at radius 2 is 2.21 bits per heavy atom. The number of rotatable bonds is 6. The summed E-state index contributed by atoms with van der Waals surface area (Å²) >= 11 is 0. The highest BCUT2D eigenvalue weighted by atomic mass is 16.5. The van der Waals surface area contributed by atoms with Crippen LogP contribution in [0.3, 0.4) is 0 Å². The molecule has 0 spiro atoms. The van der Waals surface area contributed by atoms with Gasteiger partial charge in [0, 0.05) is 19.1 Å². The molecule has 1 saturated carbocycles. The zero-order valence-electron chi connectivity index (χ0n) is 15.1. The Hall–Kier alpha value is -1.91. The quantitative estimate of drug-likeness (QED) is 0.553. The minimum absolute atomic E-state index is 0.217. The summed E-state index contributed by atoms with van der Waals surface area (Å²) in [6.07, 6.45) is 5.73. The van der Waals surface area contributed by atoms with E-state index in [0.717, 1.165) is 24.0 Å². The van der Waals surface area contributed by atoms with Gasteiger partial charge in [0.25, 0.3) is 0 Å². The molecule has 0 saturated heterocycles. The second-order valence-electron chi connectivity index (χ2n) is 6.59. The van der Waals surface area contributed by atoms with Gasteiger partial charge in [-0.2, -0.15) is 0 Å². The number of hydrogen-bond donors (Lipinski definition) is 3. The summed E-state index contributed by atoms with van der Waals surface area (Å²) < 4.78 is 5.15. The minimum Gasteiger partial charge on any atom is -0.504 e. The fourth-order valence-corrected chi connectivity index (χ4v) is 3.30. The Balaban J connectivity index is 1.93. The van der Waals surface area contributed by atoms with Crippen molar-refractivity contribution >= 4 is 5.96 Å². The third-order valence-electron chi connectivity index (χ3n) is 4.57. The number of hydrogen-bond acceptors (Lipinski definition) is 3. The number of benzene rings is 1. The number of methoxy groups -OCH3 is 1. The molecule has 0 radical (unpaired) electrons. The van der Waals surface area contributed by atoms with Gasteiger partial charge < -0.3 is 20.5 Å². The summed E-state index contributed by atoms with van der Waals surface area (Å²) in [6, 6.07) is 6.08. The topological polar surface area (TPSA) is 65.9 Å². The number of ether oxygens (including phenoxy) is 1. The molecule has 2 rings (SSSR count). The molecule has 3 N–H and O–H groups in total. The van der Waals surface area contributed by atoms with Crippen molar-refractivity contribution in [3.05, 3.63) is 23.8 Å². The molecule has 2 atom stereocenters. The van der Waals surface area contributed by atoms with E-state index in [1.165, 1.54) is 25.7 Å². The Labute approximate surface area is 145 Å². The fourth-order valence-electron chi connectivity index (χ4n) is 3.30. The highest BCUT2D eigenvalue weighted by Crippen LogP contribution is 2.29. The molecule has 0 heterocycles. The predicted molar refractivity (Wildman–Crippen MR) is 98.9 cm³/mol. The minimum atomic E-state index is 0.217. The van der Waals surface area contributed by atoms with Gasteiger partial charge in [0.15, 0.2) is 17.5 Å². The molecule has 1 aromatic rings. The Kier molecular flexibility index (Phi) is 7.22. The van der Waals surface area contributed by atoms with Crippen LogP contribution in [0.4, 0.5) is 0 Å². The van der Waals surface area contributed by atoms with E-state index in [1.807, 2.05) is 12.1 Å². The average Bonchev–Trinajstić information content (AvgIpc) is 2.56. The van der Waals surface area contributed by atoms with Crippen molar-refractivity contribution in [3.63, 3.8) is 0 Å². The van der Waals surface area contributed by atoms with Crippen molar-refractivity contribution in [1.29, 1.82) is 0 Å². The van der Waals surface area contributed by atoms with Gasteiger partial charge in [0.2, 0.25) is 0 Å². The second kappa shape index (κ2) is 9.40. The molecule has 2 unspecified atom stereocenters. The van der Waals surface area contributed by atoms with E-state index in [-0.39, 0.29) is 5.75 Å². The molecule has 0 bridgehead atoms. The largest absolute Gasteiger partial charge is 0.504 e. The Morgan fingerprint density at radius 1 is 1.38 bits per heavy atom. The van der Waals surface area contributed by atoms with Crippen LogP contribution in [0.5, 0.6) is 11.5 Å².